The van der Waals surface area contributed by atoms with Gasteiger partial charge < -0.3 is 14.7 Å². The maximum absolute atomic E-state index is 10.5. The zero-order valence-electron chi connectivity index (χ0n) is 12.1. The third-order valence-corrected chi connectivity index (χ3v) is 3.81. The van der Waals surface area contributed by atoms with Crippen molar-refractivity contribution < 1.29 is 9.84 Å². The van der Waals surface area contributed by atoms with E-state index in [1.54, 1.807) is 6.07 Å². The standard InChI is InChI=1S/C14H22ClN3O2/c1-3-20-9-12-16-11(15)8-13(17-12)18(2)10-14(19)6-4-5-7-14/h8,19H,3-7,9-10H2,1-2H3. The first-order valence-corrected chi connectivity index (χ1v) is 7.45. The van der Waals surface area contributed by atoms with Crippen LogP contribution in [0.4, 0.5) is 5.82 Å². The summed E-state index contributed by atoms with van der Waals surface area (Å²) in [5.74, 6) is 1.29. The van der Waals surface area contributed by atoms with Gasteiger partial charge in [-0.05, 0) is 19.8 Å². The van der Waals surface area contributed by atoms with Crippen LogP contribution in [0.1, 0.15) is 38.4 Å². The molecule has 1 aromatic heterocycles. The Labute approximate surface area is 124 Å². The molecular weight excluding hydrogens is 278 g/mol. The van der Waals surface area contributed by atoms with Crippen LogP contribution in [0, 0.1) is 0 Å². The van der Waals surface area contributed by atoms with Crippen molar-refractivity contribution in [1.82, 2.24) is 9.97 Å². The highest BCUT2D eigenvalue weighted by Gasteiger charge is 2.32. The Hall–Kier alpha value is -0.910. The molecule has 0 spiro atoms. The Morgan fingerprint density at radius 3 is 2.75 bits per heavy atom. The minimum Gasteiger partial charge on any atom is -0.388 e. The van der Waals surface area contributed by atoms with E-state index in [0.29, 0.717) is 30.7 Å². The molecule has 1 aromatic rings. The van der Waals surface area contributed by atoms with Gasteiger partial charge in [-0.1, -0.05) is 24.4 Å². The maximum atomic E-state index is 10.5. The van der Waals surface area contributed by atoms with Crippen molar-refractivity contribution >= 4 is 17.4 Å². The van der Waals surface area contributed by atoms with Crippen molar-refractivity contribution in [2.75, 3.05) is 25.1 Å². The normalized spacial score (nSPS) is 17.4. The second-order valence-electron chi connectivity index (χ2n) is 5.39. The number of likely N-dealkylation sites (N-methyl/N-ethyl adjacent to an activating group) is 1. The molecule has 0 radical (unpaired) electrons. The van der Waals surface area contributed by atoms with Gasteiger partial charge in [0, 0.05) is 26.3 Å². The lowest BCUT2D eigenvalue weighted by atomic mass is 10.0. The van der Waals surface area contributed by atoms with Crippen molar-refractivity contribution in [2.45, 2.75) is 44.8 Å². The van der Waals surface area contributed by atoms with Crippen LogP contribution < -0.4 is 4.90 Å². The lowest BCUT2D eigenvalue weighted by Crippen LogP contribution is -2.39. The van der Waals surface area contributed by atoms with Crippen LogP contribution in [-0.2, 0) is 11.3 Å². The van der Waals surface area contributed by atoms with Crippen LogP contribution in [0.3, 0.4) is 0 Å². The van der Waals surface area contributed by atoms with Gasteiger partial charge in [0.1, 0.15) is 17.6 Å². The Morgan fingerprint density at radius 2 is 2.10 bits per heavy atom. The van der Waals surface area contributed by atoms with Crippen LogP contribution in [0.25, 0.3) is 0 Å². The van der Waals surface area contributed by atoms with E-state index in [9.17, 15) is 5.11 Å². The Bertz CT molecular complexity index is 450. The van der Waals surface area contributed by atoms with Crippen molar-refractivity contribution in [2.24, 2.45) is 0 Å². The maximum Gasteiger partial charge on any atom is 0.158 e. The molecule has 1 fully saturated rings. The van der Waals surface area contributed by atoms with Crippen molar-refractivity contribution in [1.29, 1.82) is 0 Å². The number of hydrogen-bond donors (Lipinski definition) is 1. The van der Waals surface area contributed by atoms with E-state index in [1.165, 1.54) is 0 Å². The molecule has 1 heterocycles. The third-order valence-electron chi connectivity index (χ3n) is 3.62. The quantitative estimate of drug-likeness (QED) is 0.818. The largest absolute Gasteiger partial charge is 0.388 e. The summed E-state index contributed by atoms with van der Waals surface area (Å²) >= 11 is 6.03. The molecule has 5 nitrogen and oxygen atoms in total. The van der Waals surface area contributed by atoms with Gasteiger partial charge in [0.15, 0.2) is 5.82 Å². The van der Waals surface area contributed by atoms with Gasteiger partial charge in [-0.2, -0.15) is 0 Å². The fourth-order valence-corrected chi connectivity index (χ4v) is 2.81. The van der Waals surface area contributed by atoms with Gasteiger partial charge in [0.05, 0.1) is 5.60 Å². The van der Waals surface area contributed by atoms with Gasteiger partial charge in [0.2, 0.25) is 0 Å². The number of nitrogens with zero attached hydrogens (tertiary/aromatic N) is 3. The van der Waals surface area contributed by atoms with Crippen molar-refractivity contribution in [3.63, 3.8) is 0 Å². The van der Waals surface area contributed by atoms with Crippen molar-refractivity contribution in [3.8, 4) is 0 Å². The molecule has 1 aliphatic carbocycles. The molecule has 0 aliphatic heterocycles. The van der Waals surface area contributed by atoms with Crippen molar-refractivity contribution in [3.05, 3.63) is 17.0 Å². The summed E-state index contributed by atoms with van der Waals surface area (Å²) in [7, 11) is 1.92. The number of aliphatic hydroxyl groups is 1. The smallest absolute Gasteiger partial charge is 0.158 e. The molecule has 0 bridgehead atoms. The van der Waals surface area contributed by atoms with Crippen LogP contribution in [0.15, 0.2) is 6.07 Å². The summed E-state index contributed by atoms with van der Waals surface area (Å²) in [6.07, 6.45) is 3.87. The molecule has 1 N–H and O–H groups in total. The number of aromatic nitrogens is 2. The van der Waals surface area contributed by atoms with Crippen LogP contribution in [-0.4, -0.2) is 40.9 Å². The first kappa shape index (κ1) is 15.5. The second kappa shape index (κ2) is 6.70. The lowest BCUT2D eigenvalue weighted by Gasteiger charge is -2.29. The fourth-order valence-electron chi connectivity index (χ4n) is 2.62. The zero-order chi connectivity index (χ0) is 14.6. The fraction of sp³-hybridized carbons (Fsp3) is 0.714. The minimum absolute atomic E-state index is 0.349. The van der Waals surface area contributed by atoms with E-state index in [0.717, 1.165) is 31.5 Å². The first-order chi connectivity index (χ1) is 9.52. The SMILES string of the molecule is CCOCc1nc(Cl)cc(N(C)CC2(O)CCCC2)n1. The summed E-state index contributed by atoms with van der Waals surface area (Å²) in [6, 6.07) is 1.72. The van der Waals surface area contributed by atoms with E-state index < -0.39 is 5.60 Å². The molecule has 0 atom stereocenters. The lowest BCUT2D eigenvalue weighted by molar-refractivity contribution is 0.0557. The molecule has 6 heteroatoms. The molecule has 20 heavy (non-hydrogen) atoms. The molecule has 0 saturated heterocycles. The molecule has 2 rings (SSSR count). The Morgan fingerprint density at radius 1 is 1.40 bits per heavy atom. The van der Waals surface area contributed by atoms with E-state index in [2.05, 4.69) is 9.97 Å². The Balaban J connectivity index is 2.08. The van der Waals surface area contributed by atoms with E-state index >= 15 is 0 Å². The molecule has 0 aromatic carbocycles. The highest BCUT2D eigenvalue weighted by Crippen LogP contribution is 2.31. The van der Waals surface area contributed by atoms with Gasteiger partial charge in [-0.15, -0.1) is 0 Å². The second-order valence-corrected chi connectivity index (χ2v) is 5.78. The molecule has 112 valence electrons. The van der Waals surface area contributed by atoms with E-state index in [-0.39, 0.29) is 0 Å². The topological polar surface area (TPSA) is 58.5 Å². The number of anilines is 1. The predicted molar refractivity (Wildman–Crippen MR) is 79.1 cm³/mol. The van der Waals surface area contributed by atoms with Gasteiger partial charge >= 0.3 is 0 Å². The summed E-state index contributed by atoms with van der Waals surface area (Å²) in [6.45, 7) is 3.45. The van der Waals surface area contributed by atoms with Gasteiger partial charge in [-0.3, -0.25) is 0 Å². The minimum atomic E-state index is -0.605. The third kappa shape index (κ3) is 4.04. The van der Waals surface area contributed by atoms with Crippen LogP contribution in [0.5, 0.6) is 0 Å². The molecule has 1 aliphatic rings. The molecule has 1 saturated carbocycles. The summed E-state index contributed by atoms with van der Waals surface area (Å²) in [5.41, 5.74) is -0.605. The zero-order valence-corrected chi connectivity index (χ0v) is 12.9. The van der Waals surface area contributed by atoms with Crippen LogP contribution >= 0.6 is 11.6 Å². The number of halogens is 1. The summed E-state index contributed by atoms with van der Waals surface area (Å²) < 4.78 is 5.31. The van der Waals surface area contributed by atoms with E-state index in [4.69, 9.17) is 16.3 Å². The molecule has 0 amide bonds. The number of rotatable bonds is 6. The average Bonchev–Trinajstić information content (AvgIpc) is 2.82. The van der Waals surface area contributed by atoms with E-state index in [1.807, 2.05) is 18.9 Å². The number of hydrogen-bond acceptors (Lipinski definition) is 5. The van der Waals surface area contributed by atoms with Gasteiger partial charge in [0.25, 0.3) is 0 Å². The highest BCUT2D eigenvalue weighted by molar-refractivity contribution is 6.29. The van der Waals surface area contributed by atoms with Crippen LogP contribution in [0.2, 0.25) is 5.15 Å². The summed E-state index contributed by atoms with van der Waals surface area (Å²) in [4.78, 5) is 10.5. The Kier molecular flexibility index (Phi) is 5.18. The molecule has 0 unspecified atom stereocenters. The number of ether oxygens (including phenoxy) is 1. The summed E-state index contributed by atoms with van der Waals surface area (Å²) in [5, 5.41) is 10.9. The first-order valence-electron chi connectivity index (χ1n) is 7.07. The van der Waals surface area contributed by atoms with Gasteiger partial charge in [-0.25, -0.2) is 9.97 Å². The average molecular weight is 300 g/mol. The highest BCUT2D eigenvalue weighted by atomic mass is 35.5. The predicted octanol–water partition coefficient (Wildman–Crippen LogP) is 2.41. The molecular formula is C14H22ClN3O2. The monoisotopic (exact) mass is 299 g/mol.